The molecule has 0 unspecified atom stereocenters. The smallest absolute Gasteiger partial charge is 0.298 e. The van der Waals surface area contributed by atoms with Gasteiger partial charge in [-0.2, -0.15) is 0 Å². The van der Waals surface area contributed by atoms with Crippen LogP contribution in [0, 0.1) is 0 Å². The Morgan fingerprint density at radius 2 is 1.84 bits per heavy atom. The van der Waals surface area contributed by atoms with E-state index < -0.39 is 0 Å². The molecule has 0 radical (unpaired) electrons. The maximum absolute atomic E-state index is 11.0. The molecule has 168 valence electrons. The molecule has 3 aromatic rings. The standard InChI is InChI=1S/C24H29N5O3/c1-23(2)11-16(12-24(3,4)28-23)29(5)22-7-6-19(26-27-22)18-9-15-8-17(31)13-25-20(15)10-21(18)32-14-30/h6-10,13-14,16,28,31H,11-12H2,1-5H3. The number of nitrogens with one attached hydrogen (secondary N) is 1. The predicted molar refractivity (Wildman–Crippen MR) is 124 cm³/mol. The summed E-state index contributed by atoms with van der Waals surface area (Å²) in [4.78, 5) is 17.4. The van der Waals surface area contributed by atoms with Gasteiger partial charge in [0.15, 0.2) is 5.82 Å². The van der Waals surface area contributed by atoms with Gasteiger partial charge in [-0.05, 0) is 64.8 Å². The molecule has 0 saturated carbocycles. The van der Waals surface area contributed by atoms with E-state index in [1.807, 2.05) is 12.1 Å². The first-order valence-corrected chi connectivity index (χ1v) is 10.7. The molecule has 8 nitrogen and oxygen atoms in total. The Labute approximate surface area is 187 Å². The van der Waals surface area contributed by atoms with E-state index in [1.165, 1.54) is 6.20 Å². The molecule has 0 atom stereocenters. The minimum absolute atomic E-state index is 0.0276. The highest BCUT2D eigenvalue weighted by atomic mass is 16.5. The number of piperidine rings is 1. The van der Waals surface area contributed by atoms with Gasteiger partial charge in [0.1, 0.15) is 11.5 Å². The van der Waals surface area contributed by atoms with Crippen LogP contribution in [0.5, 0.6) is 11.5 Å². The molecule has 4 rings (SSSR count). The molecule has 1 aliphatic rings. The van der Waals surface area contributed by atoms with E-state index in [-0.39, 0.29) is 16.8 Å². The van der Waals surface area contributed by atoms with Crippen molar-refractivity contribution in [1.82, 2.24) is 20.5 Å². The molecule has 0 spiro atoms. The van der Waals surface area contributed by atoms with Gasteiger partial charge in [0.05, 0.1) is 17.4 Å². The number of pyridine rings is 1. The fourth-order valence-electron chi connectivity index (χ4n) is 4.88. The van der Waals surface area contributed by atoms with Crippen molar-refractivity contribution < 1.29 is 14.6 Å². The van der Waals surface area contributed by atoms with Crippen molar-refractivity contribution in [3.8, 4) is 22.8 Å². The SMILES string of the molecule is CN(c1ccc(-c2cc3cc(O)cnc3cc2OC=O)nn1)C1CC(C)(C)NC(C)(C)C1. The van der Waals surface area contributed by atoms with E-state index >= 15 is 0 Å². The number of ether oxygens (including phenoxy) is 1. The van der Waals surface area contributed by atoms with Crippen molar-refractivity contribution in [2.75, 3.05) is 11.9 Å². The number of carbonyl (C=O) groups excluding carboxylic acids is 1. The fourth-order valence-corrected chi connectivity index (χ4v) is 4.88. The summed E-state index contributed by atoms with van der Waals surface area (Å²) in [6.07, 6.45) is 3.34. The van der Waals surface area contributed by atoms with Gasteiger partial charge in [-0.1, -0.05) is 0 Å². The third kappa shape index (κ3) is 4.50. The number of benzene rings is 1. The van der Waals surface area contributed by atoms with E-state index in [0.717, 1.165) is 18.7 Å². The molecule has 0 bridgehead atoms. The predicted octanol–water partition coefficient (Wildman–Crippen LogP) is 3.68. The first kappa shape index (κ1) is 22.0. The average molecular weight is 436 g/mol. The summed E-state index contributed by atoms with van der Waals surface area (Å²) in [7, 11) is 2.05. The van der Waals surface area contributed by atoms with E-state index in [1.54, 1.807) is 18.2 Å². The van der Waals surface area contributed by atoms with Gasteiger partial charge in [0.25, 0.3) is 6.47 Å². The molecule has 1 aromatic carbocycles. The van der Waals surface area contributed by atoms with Crippen LogP contribution in [0.15, 0.2) is 36.5 Å². The van der Waals surface area contributed by atoms with Crippen LogP contribution in [0.4, 0.5) is 5.82 Å². The van der Waals surface area contributed by atoms with Crippen molar-refractivity contribution in [2.24, 2.45) is 0 Å². The summed E-state index contributed by atoms with van der Waals surface area (Å²) in [5.41, 5.74) is 1.82. The lowest BCUT2D eigenvalue weighted by Crippen LogP contribution is -2.62. The Balaban J connectivity index is 1.65. The zero-order valence-corrected chi connectivity index (χ0v) is 19.1. The number of fused-ring (bicyclic) bond motifs is 1. The van der Waals surface area contributed by atoms with Gasteiger partial charge in [-0.25, -0.2) is 0 Å². The molecular weight excluding hydrogens is 406 g/mol. The first-order valence-electron chi connectivity index (χ1n) is 10.7. The Hall–Kier alpha value is -3.26. The zero-order valence-electron chi connectivity index (χ0n) is 19.1. The highest BCUT2D eigenvalue weighted by Gasteiger charge is 2.39. The van der Waals surface area contributed by atoms with Crippen LogP contribution < -0.4 is 15.0 Å². The molecule has 1 saturated heterocycles. The summed E-state index contributed by atoms with van der Waals surface area (Å²) >= 11 is 0. The van der Waals surface area contributed by atoms with Gasteiger partial charge in [0, 0.05) is 41.2 Å². The number of rotatable bonds is 5. The fraction of sp³-hybridized carbons (Fsp3) is 0.417. The minimum atomic E-state index is 0.0276. The van der Waals surface area contributed by atoms with Gasteiger partial charge in [0.2, 0.25) is 0 Å². The largest absolute Gasteiger partial charge is 0.506 e. The zero-order chi connectivity index (χ0) is 23.1. The number of hydrogen-bond donors (Lipinski definition) is 2. The third-order valence-electron chi connectivity index (χ3n) is 5.95. The number of nitrogens with zero attached hydrogens (tertiary/aromatic N) is 4. The summed E-state index contributed by atoms with van der Waals surface area (Å²) in [5, 5.41) is 23.1. The molecule has 2 aromatic heterocycles. The lowest BCUT2D eigenvalue weighted by atomic mass is 9.79. The van der Waals surface area contributed by atoms with Crippen molar-refractivity contribution in [2.45, 2.75) is 57.7 Å². The van der Waals surface area contributed by atoms with Gasteiger partial charge in [-0.15, -0.1) is 10.2 Å². The van der Waals surface area contributed by atoms with Crippen molar-refractivity contribution in [3.05, 3.63) is 36.5 Å². The third-order valence-corrected chi connectivity index (χ3v) is 5.95. The number of carbonyl (C=O) groups is 1. The number of anilines is 1. The molecule has 3 heterocycles. The molecular formula is C24H29N5O3. The quantitative estimate of drug-likeness (QED) is 0.586. The van der Waals surface area contributed by atoms with Crippen molar-refractivity contribution in [3.63, 3.8) is 0 Å². The van der Waals surface area contributed by atoms with Crippen LogP contribution in [-0.2, 0) is 4.79 Å². The molecule has 1 aliphatic heterocycles. The summed E-state index contributed by atoms with van der Waals surface area (Å²) in [6, 6.07) is 9.16. The molecule has 1 fully saturated rings. The van der Waals surface area contributed by atoms with Crippen LogP contribution in [0.2, 0.25) is 0 Å². The highest BCUT2D eigenvalue weighted by Crippen LogP contribution is 2.35. The molecule has 32 heavy (non-hydrogen) atoms. The second-order valence-corrected chi connectivity index (χ2v) is 9.79. The summed E-state index contributed by atoms with van der Waals surface area (Å²) in [5.74, 6) is 1.18. The van der Waals surface area contributed by atoms with Crippen LogP contribution >= 0.6 is 0 Å². The Morgan fingerprint density at radius 3 is 2.47 bits per heavy atom. The van der Waals surface area contributed by atoms with Crippen LogP contribution in [0.1, 0.15) is 40.5 Å². The average Bonchev–Trinajstić information content (AvgIpc) is 2.71. The Morgan fingerprint density at radius 1 is 1.12 bits per heavy atom. The number of aromatic hydroxyl groups is 1. The second-order valence-electron chi connectivity index (χ2n) is 9.79. The van der Waals surface area contributed by atoms with Gasteiger partial charge < -0.3 is 20.1 Å². The maximum Gasteiger partial charge on any atom is 0.298 e. The van der Waals surface area contributed by atoms with Crippen LogP contribution in [0.3, 0.4) is 0 Å². The molecule has 0 amide bonds. The van der Waals surface area contributed by atoms with Crippen LogP contribution in [-0.4, -0.2) is 50.9 Å². The van der Waals surface area contributed by atoms with Gasteiger partial charge >= 0.3 is 0 Å². The lowest BCUT2D eigenvalue weighted by molar-refractivity contribution is -0.120. The molecule has 2 N–H and O–H groups in total. The number of hydrogen-bond acceptors (Lipinski definition) is 8. The Kier molecular flexibility index (Phi) is 5.50. The molecule has 8 heteroatoms. The number of aromatic nitrogens is 3. The topological polar surface area (TPSA) is 100 Å². The Bertz CT molecular complexity index is 1130. The molecule has 0 aliphatic carbocycles. The normalized spacial score (nSPS) is 17.8. The van der Waals surface area contributed by atoms with Gasteiger partial charge in [-0.3, -0.25) is 9.78 Å². The maximum atomic E-state index is 11.0. The summed E-state index contributed by atoms with van der Waals surface area (Å²) in [6.45, 7) is 9.28. The van der Waals surface area contributed by atoms with Crippen LogP contribution in [0.25, 0.3) is 22.2 Å². The van der Waals surface area contributed by atoms with E-state index in [4.69, 9.17) is 4.74 Å². The minimum Gasteiger partial charge on any atom is -0.506 e. The van der Waals surface area contributed by atoms with Crippen molar-refractivity contribution in [1.29, 1.82) is 0 Å². The summed E-state index contributed by atoms with van der Waals surface area (Å²) < 4.78 is 5.18. The highest BCUT2D eigenvalue weighted by molar-refractivity contribution is 5.88. The van der Waals surface area contributed by atoms with E-state index in [2.05, 4.69) is 60.1 Å². The monoisotopic (exact) mass is 435 g/mol. The van der Waals surface area contributed by atoms with Crippen molar-refractivity contribution >= 4 is 23.2 Å². The second kappa shape index (κ2) is 8.02. The van der Waals surface area contributed by atoms with E-state index in [0.29, 0.717) is 40.4 Å². The first-order chi connectivity index (χ1) is 15.1. The lowest BCUT2D eigenvalue weighted by Gasteiger charge is -2.49. The van der Waals surface area contributed by atoms with E-state index in [9.17, 15) is 9.90 Å².